The fourth-order valence-corrected chi connectivity index (χ4v) is 1.75. The van der Waals surface area contributed by atoms with Crippen LogP contribution in [0.1, 0.15) is 5.56 Å². The van der Waals surface area contributed by atoms with Crippen molar-refractivity contribution in [3.8, 4) is 11.5 Å². The minimum Gasteiger partial charge on any atom is 0 e. The molecule has 138 valence electrons. The van der Waals surface area contributed by atoms with Crippen molar-refractivity contribution in [1.82, 2.24) is 0 Å². The number of hydrogen-bond acceptors (Lipinski definition) is 3. The Kier molecular flexibility index (Phi) is 22.8. The van der Waals surface area contributed by atoms with Gasteiger partial charge in [0, 0.05) is 29.1 Å². The van der Waals surface area contributed by atoms with Gasteiger partial charge in [0.05, 0.1) is 19.9 Å². The maximum atomic E-state index is 7.50. The Labute approximate surface area is 169 Å². The quantitative estimate of drug-likeness (QED) is 0.429. The van der Waals surface area contributed by atoms with E-state index in [0.29, 0.717) is 0 Å². The summed E-state index contributed by atoms with van der Waals surface area (Å²) in [6.45, 7) is 13.5. The second-order valence-corrected chi connectivity index (χ2v) is 4.08. The maximum Gasteiger partial charge on any atom is 0 e. The molecule has 2 aromatic carbocycles. The van der Waals surface area contributed by atoms with E-state index in [1.54, 1.807) is 20.4 Å². The molecular weight excluding hydrogens is 386 g/mol. The van der Waals surface area contributed by atoms with Crippen molar-refractivity contribution in [1.29, 1.82) is 0 Å². The zero-order valence-corrected chi connectivity index (χ0v) is 16.0. The Balaban J connectivity index is -0.000000749. The summed E-state index contributed by atoms with van der Waals surface area (Å²) in [5.74, 6) is 1.68. The summed E-state index contributed by atoms with van der Waals surface area (Å²) in [7, 11) is 3.31. The van der Waals surface area contributed by atoms with E-state index in [2.05, 4.69) is 24.9 Å². The zero-order chi connectivity index (χ0) is 20.2. The van der Waals surface area contributed by atoms with Gasteiger partial charge in [-0.2, -0.15) is 0 Å². The number of methoxy groups -OCH3 is 2. The topological polar surface area (TPSA) is 90.5 Å². The molecular formula is C20H17CrNO5. The number of allylic oxidation sites excluding steroid dienone is 1. The number of aliphatic imine (C=N–C) groups is 1. The Hall–Kier alpha value is -2.80. The van der Waals surface area contributed by atoms with Crippen LogP contribution in [0.25, 0.3) is 6.08 Å². The molecule has 0 bridgehead atoms. The summed E-state index contributed by atoms with van der Waals surface area (Å²) in [5, 5.41) is 0. The third kappa shape index (κ3) is 12.2. The molecule has 0 fully saturated rings. The van der Waals surface area contributed by atoms with Crippen molar-refractivity contribution < 1.29 is 40.8 Å². The fraction of sp³-hybridized carbons (Fsp3) is 0.100. The van der Waals surface area contributed by atoms with E-state index in [0.717, 1.165) is 22.7 Å². The molecule has 0 saturated heterocycles. The van der Waals surface area contributed by atoms with Crippen molar-refractivity contribution in [3.05, 3.63) is 80.1 Å². The Morgan fingerprint density at radius 2 is 1.37 bits per heavy atom. The first-order valence-corrected chi connectivity index (χ1v) is 6.92. The SMILES string of the molecule is COc1ccc(N=C/C=C/c2ccccc2OC)cc1.[C-]#[O+].[C-]#[O+].[C-]#[O+].[Cr]. The van der Waals surface area contributed by atoms with E-state index < -0.39 is 0 Å². The van der Waals surface area contributed by atoms with Gasteiger partial charge in [0.1, 0.15) is 11.5 Å². The molecule has 0 amide bonds. The monoisotopic (exact) mass is 403 g/mol. The molecule has 7 heteroatoms. The molecule has 0 aliphatic carbocycles. The number of para-hydroxylation sites is 1. The van der Waals surface area contributed by atoms with Gasteiger partial charge in [-0.25, -0.2) is 0 Å². The van der Waals surface area contributed by atoms with Gasteiger partial charge in [-0.15, -0.1) is 0 Å². The van der Waals surface area contributed by atoms with Crippen LogP contribution in [-0.2, 0) is 31.3 Å². The smallest absolute Gasteiger partial charge is 0 e. The molecule has 2 aromatic rings. The van der Waals surface area contributed by atoms with Crippen LogP contribution in [0.2, 0.25) is 0 Å². The maximum absolute atomic E-state index is 7.50. The summed E-state index contributed by atoms with van der Waals surface area (Å²) in [6.07, 6.45) is 5.61. The van der Waals surface area contributed by atoms with Crippen molar-refractivity contribution in [2.24, 2.45) is 4.99 Å². The van der Waals surface area contributed by atoms with Gasteiger partial charge < -0.3 is 9.47 Å². The summed E-state index contributed by atoms with van der Waals surface area (Å²) < 4.78 is 32.9. The van der Waals surface area contributed by atoms with Crippen molar-refractivity contribution in [2.75, 3.05) is 14.2 Å². The van der Waals surface area contributed by atoms with Gasteiger partial charge in [0.2, 0.25) is 0 Å². The summed E-state index contributed by atoms with van der Waals surface area (Å²) in [4.78, 5) is 4.34. The van der Waals surface area contributed by atoms with E-state index >= 15 is 0 Å². The molecule has 0 aliphatic rings. The summed E-state index contributed by atoms with van der Waals surface area (Å²) in [6, 6.07) is 15.4. The van der Waals surface area contributed by atoms with Crippen LogP contribution in [0.3, 0.4) is 0 Å². The number of hydrogen-bond donors (Lipinski definition) is 0. The van der Waals surface area contributed by atoms with Gasteiger partial charge in [-0.3, -0.25) is 4.99 Å². The molecule has 0 aliphatic heterocycles. The molecule has 0 heterocycles. The van der Waals surface area contributed by atoms with Gasteiger partial charge in [-0.1, -0.05) is 18.2 Å². The fourth-order valence-electron chi connectivity index (χ4n) is 1.75. The third-order valence-corrected chi connectivity index (χ3v) is 2.80. The molecule has 27 heavy (non-hydrogen) atoms. The van der Waals surface area contributed by atoms with E-state index in [9.17, 15) is 0 Å². The minimum atomic E-state index is 0. The number of benzene rings is 2. The second kappa shape index (κ2) is 21.2. The molecule has 0 saturated carbocycles. The Bertz CT molecular complexity index is 720. The van der Waals surface area contributed by atoms with E-state index in [-0.39, 0.29) is 17.4 Å². The van der Waals surface area contributed by atoms with Gasteiger partial charge in [-0.05, 0) is 42.5 Å². The molecule has 0 unspecified atom stereocenters. The van der Waals surface area contributed by atoms with Crippen molar-refractivity contribution in [3.63, 3.8) is 0 Å². The number of ether oxygens (including phenoxy) is 2. The van der Waals surface area contributed by atoms with Crippen LogP contribution in [0.5, 0.6) is 11.5 Å². The summed E-state index contributed by atoms with van der Waals surface area (Å²) >= 11 is 0. The normalized spacial score (nSPS) is 8.44. The number of nitrogens with zero attached hydrogens (tertiary/aromatic N) is 1. The third-order valence-electron chi connectivity index (χ3n) is 2.80. The standard InChI is InChI=1S/C17H17NO2.3CO.Cr/c1-19-16-11-9-15(10-12-16)18-13-5-7-14-6-3-4-8-17(14)20-2;3*1-2;/h3-13H,1-2H3;;;;/b7-5+,18-13?;;;;. The predicted octanol–water partition coefficient (Wildman–Crippen LogP) is 4.00. The van der Waals surface area contributed by atoms with Crippen molar-refractivity contribution >= 4 is 18.0 Å². The van der Waals surface area contributed by atoms with Crippen LogP contribution >= 0.6 is 0 Å². The largest absolute Gasteiger partial charge is 0 e. The number of rotatable bonds is 5. The minimum absolute atomic E-state index is 0. The van der Waals surface area contributed by atoms with E-state index in [4.69, 9.17) is 23.4 Å². The second-order valence-electron chi connectivity index (χ2n) is 4.08. The first-order valence-electron chi connectivity index (χ1n) is 6.92. The first kappa shape index (κ1) is 29.0. The van der Waals surface area contributed by atoms with Crippen LogP contribution in [0, 0.1) is 20.0 Å². The molecule has 0 atom stereocenters. The first-order chi connectivity index (χ1) is 12.8. The summed E-state index contributed by atoms with van der Waals surface area (Å²) in [5.41, 5.74) is 1.91. The van der Waals surface area contributed by atoms with Crippen LogP contribution in [0.4, 0.5) is 5.69 Å². The van der Waals surface area contributed by atoms with Gasteiger partial charge in [0.15, 0.2) is 0 Å². The average Bonchev–Trinajstić information content (AvgIpc) is 2.76. The Morgan fingerprint density at radius 1 is 0.815 bits per heavy atom. The van der Waals surface area contributed by atoms with Crippen LogP contribution in [0.15, 0.2) is 59.6 Å². The van der Waals surface area contributed by atoms with E-state index in [1.807, 2.05) is 60.7 Å². The zero-order valence-electron chi connectivity index (χ0n) is 14.7. The van der Waals surface area contributed by atoms with Crippen LogP contribution in [-0.4, -0.2) is 20.4 Å². The molecule has 0 N–H and O–H groups in total. The Morgan fingerprint density at radius 3 is 1.89 bits per heavy atom. The van der Waals surface area contributed by atoms with Gasteiger partial charge in [0.25, 0.3) is 0 Å². The molecule has 0 spiro atoms. The molecule has 0 radical (unpaired) electrons. The van der Waals surface area contributed by atoms with Gasteiger partial charge >= 0.3 is 33.9 Å². The van der Waals surface area contributed by atoms with Crippen molar-refractivity contribution in [2.45, 2.75) is 0 Å². The van der Waals surface area contributed by atoms with E-state index in [1.165, 1.54) is 0 Å². The molecule has 6 nitrogen and oxygen atoms in total. The van der Waals surface area contributed by atoms with Crippen LogP contribution < -0.4 is 9.47 Å². The average molecular weight is 403 g/mol. The molecule has 2 rings (SSSR count). The predicted molar refractivity (Wildman–Crippen MR) is 95.0 cm³/mol. The molecule has 0 aromatic heterocycles.